The summed E-state index contributed by atoms with van der Waals surface area (Å²) in [6, 6.07) is 10.5. The Hall–Kier alpha value is -1.95. The summed E-state index contributed by atoms with van der Waals surface area (Å²) in [5.74, 6) is -0.288. The molecule has 3 aromatic rings. The molecule has 3 rings (SSSR count). The molecule has 0 aliphatic carbocycles. The zero-order valence-electron chi connectivity index (χ0n) is 11.1. The van der Waals surface area contributed by atoms with Crippen LogP contribution < -0.4 is 5.32 Å². The standard InChI is InChI=1S/C15H9Cl2N3OS/c16-11-4-2-1-3-10(11)12-8-22-15(19-12)20-14(21)9-5-6-18-13(17)7-9/h1-8H,(H,19,20,21). The second-order valence-corrected chi connectivity index (χ2v) is 5.99. The Morgan fingerprint density at radius 1 is 1.18 bits per heavy atom. The highest BCUT2D eigenvalue weighted by Gasteiger charge is 2.11. The fourth-order valence-electron chi connectivity index (χ4n) is 1.84. The van der Waals surface area contributed by atoms with Crippen LogP contribution in [0.15, 0.2) is 48.0 Å². The van der Waals surface area contributed by atoms with Crippen LogP contribution in [0.5, 0.6) is 0 Å². The van der Waals surface area contributed by atoms with E-state index in [-0.39, 0.29) is 11.1 Å². The Balaban J connectivity index is 1.80. The smallest absolute Gasteiger partial charge is 0.257 e. The molecule has 1 N–H and O–H groups in total. The number of thiazole rings is 1. The molecule has 0 aliphatic heterocycles. The minimum Gasteiger partial charge on any atom is -0.298 e. The monoisotopic (exact) mass is 349 g/mol. The number of aromatic nitrogens is 2. The summed E-state index contributed by atoms with van der Waals surface area (Å²) >= 11 is 13.2. The molecule has 0 saturated carbocycles. The van der Waals surface area contributed by atoms with Crippen LogP contribution in [0.4, 0.5) is 5.13 Å². The van der Waals surface area contributed by atoms with E-state index in [0.29, 0.717) is 15.7 Å². The van der Waals surface area contributed by atoms with E-state index in [4.69, 9.17) is 23.2 Å². The van der Waals surface area contributed by atoms with E-state index in [1.165, 1.54) is 23.6 Å². The van der Waals surface area contributed by atoms with Crippen LogP contribution in [0.3, 0.4) is 0 Å². The molecule has 2 heterocycles. The quantitative estimate of drug-likeness (QED) is 0.693. The third-order valence-electron chi connectivity index (χ3n) is 2.86. The van der Waals surface area contributed by atoms with Gasteiger partial charge < -0.3 is 0 Å². The molecule has 1 amide bonds. The fraction of sp³-hybridized carbons (Fsp3) is 0. The van der Waals surface area contributed by atoms with Crippen molar-refractivity contribution in [3.63, 3.8) is 0 Å². The van der Waals surface area contributed by atoms with E-state index < -0.39 is 0 Å². The van der Waals surface area contributed by atoms with Gasteiger partial charge in [0.1, 0.15) is 5.15 Å². The number of anilines is 1. The predicted octanol–water partition coefficient (Wildman–Crippen LogP) is 4.76. The normalized spacial score (nSPS) is 10.5. The first-order chi connectivity index (χ1) is 10.6. The van der Waals surface area contributed by atoms with E-state index in [0.717, 1.165) is 11.3 Å². The Labute approximate surface area is 140 Å². The van der Waals surface area contributed by atoms with E-state index in [1.54, 1.807) is 12.1 Å². The maximum absolute atomic E-state index is 12.1. The molecule has 110 valence electrons. The van der Waals surface area contributed by atoms with Gasteiger partial charge in [-0.2, -0.15) is 0 Å². The summed E-state index contributed by atoms with van der Waals surface area (Å²) in [5, 5.41) is 5.96. The zero-order valence-corrected chi connectivity index (χ0v) is 13.4. The molecule has 0 bridgehead atoms. The molecule has 0 spiro atoms. The van der Waals surface area contributed by atoms with Crippen molar-refractivity contribution in [2.45, 2.75) is 0 Å². The molecule has 4 nitrogen and oxygen atoms in total. The molecule has 7 heteroatoms. The molecule has 0 atom stereocenters. The van der Waals surface area contributed by atoms with Gasteiger partial charge in [0.05, 0.1) is 5.69 Å². The van der Waals surface area contributed by atoms with Crippen molar-refractivity contribution in [1.29, 1.82) is 0 Å². The molecular weight excluding hydrogens is 341 g/mol. The lowest BCUT2D eigenvalue weighted by Crippen LogP contribution is -2.11. The molecule has 22 heavy (non-hydrogen) atoms. The third kappa shape index (κ3) is 3.27. The van der Waals surface area contributed by atoms with Crippen molar-refractivity contribution < 1.29 is 4.79 Å². The Morgan fingerprint density at radius 2 is 2.00 bits per heavy atom. The van der Waals surface area contributed by atoms with Gasteiger partial charge in [-0.05, 0) is 18.2 Å². The molecular formula is C15H9Cl2N3OS. The number of rotatable bonds is 3. The first-order valence-corrected chi connectivity index (χ1v) is 7.90. The van der Waals surface area contributed by atoms with E-state index in [2.05, 4.69) is 15.3 Å². The number of pyridine rings is 1. The lowest BCUT2D eigenvalue weighted by molar-refractivity contribution is 0.102. The van der Waals surface area contributed by atoms with Crippen molar-refractivity contribution in [1.82, 2.24) is 9.97 Å². The van der Waals surface area contributed by atoms with Gasteiger partial charge in [0.25, 0.3) is 5.91 Å². The van der Waals surface area contributed by atoms with Crippen LogP contribution in [0, 0.1) is 0 Å². The maximum atomic E-state index is 12.1. The Morgan fingerprint density at radius 3 is 2.77 bits per heavy atom. The fourth-order valence-corrected chi connectivity index (χ4v) is 2.95. The van der Waals surface area contributed by atoms with Crippen LogP contribution in [0.25, 0.3) is 11.3 Å². The van der Waals surface area contributed by atoms with E-state index in [9.17, 15) is 4.79 Å². The molecule has 0 saturated heterocycles. The lowest BCUT2D eigenvalue weighted by Gasteiger charge is -2.02. The van der Waals surface area contributed by atoms with Gasteiger partial charge in [0.15, 0.2) is 5.13 Å². The van der Waals surface area contributed by atoms with Crippen molar-refractivity contribution >= 4 is 45.6 Å². The molecule has 0 unspecified atom stereocenters. The van der Waals surface area contributed by atoms with Crippen LogP contribution in [-0.2, 0) is 0 Å². The van der Waals surface area contributed by atoms with Gasteiger partial charge in [-0.25, -0.2) is 9.97 Å². The molecule has 2 aromatic heterocycles. The highest BCUT2D eigenvalue weighted by atomic mass is 35.5. The van der Waals surface area contributed by atoms with E-state index >= 15 is 0 Å². The number of nitrogens with one attached hydrogen (secondary N) is 1. The summed E-state index contributed by atoms with van der Waals surface area (Å²) in [6.45, 7) is 0. The number of nitrogens with zero attached hydrogens (tertiary/aromatic N) is 2. The Kier molecular flexibility index (Phi) is 4.38. The number of carbonyl (C=O) groups is 1. The van der Waals surface area contributed by atoms with Crippen molar-refractivity contribution in [2.75, 3.05) is 5.32 Å². The number of amides is 1. The molecule has 0 radical (unpaired) electrons. The van der Waals surface area contributed by atoms with Crippen molar-refractivity contribution in [3.8, 4) is 11.3 Å². The summed E-state index contributed by atoms with van der Waals surface area (Å²) in [6.07, 6.45) is 1.48. The average Bonchev–Trinajstić information content (AvgIpc) is 2.96. The number of hydrogen-bond acceptors (Lipinski definition) is 4. The zero-order chi connectivity index (χ0) is 15.5. The van der Waals surface area contributed by atoms with Crippen LogP contribution in [-0.4, -0.2) is 15.9 Å². The van der Waals surface area contributed by atoms with Gasteiger partial charge in [0, 0.05) is 27.7 Å². The predicted molar refractivity (Wildman–Crippen MR) is 89.8 cm³/mol. The summed E-state index contributed by atoms with van der Waals surface area (Å²) in [4.78, 5) is 20.3. The number of hydrogen-bond donors (Lipinski definition) is 1. The second kappa shape index (κ2) is 6.44. The first kappa shape index (κ1) is 15.0. The molecule has 0 aliphatic rings. The highest BCUT2D eigenvalue weighted by molar-refractivity contribution is 7.14. The van der Waals surface area contributed by atoms with Crippen LogP contribution in [0.2, 0.25) is 10.2 Å². The van der Waals surface area contributed by atoms with Gasteiger partial charge in [-0.15, -0.1) is 11.3 Å². The van der Waals surface area contributed by atoms with E-state index in [1.807, 2.05) is 23.6 Å². The largest absolute Gasteiger partial charge is 0.298 e. The lowest BCUT2D eigenvalue weighted by atomic mass is 10.2. The number of benzene rings is 1. The third-order valence-corrected chi connectivity index (χ3v) is 4.16. The van der Waals surface area contributed by atoms with Gasteiger partial charge in [-0.3, -0.25) is 10.1 Å². The minimum atomic E-state index is -0.288. The molecule has 1 aromatic carbocycles. The van der Waals surface area contributed by atoms with Gasteiger partial charge >= 0.3 is 0 Å². The number of carbonyl (C=O) groups excluding carboxylic acids is 1. The second-order valence-electron chi connectivity index (χ2n) is 4.34. The van der Waals surface area contributed by atoms with Crippen molar-refractivity contribution in [3.05, 3.63) is 63.7 Å². The Bertz CT molecular complexity index is 835. The SMILES string of the molecule is O=C(Nc1nc(-c2ccccc2Cl)cs1)c1ccnc(Cl)c1. The number of halogens is 2. The van der Waals surface area contributed by atoms with Crippen LogP contribution >= 0.6 is 34.5 Å². The van der Waals surface area contributed by atoms with Gasteiger partial charge in [-0.1, -0.05) is 41.4 Å². The first-order valence-electron chi connectivity index (χ1n) is 6.27. The van der Waals surface area contributed by atoms with Crippen LogP contribution in [0.1, 0.15) is 10.4 Å². The summed E-state index contributed by atoms with van der Waals surface area (Å²) in [7, 11) is 0. The topological polar surface area (TPSA) is 54.9 Å². The summed E-state index contributed by atoms with van der Waals surface area (Å²) in [5.41, 5.74) is 1.97. The van der Waals surface area contributed by atoms with Crippen molar-refractivity contribution in [2.24, 2.45) is 0 Å². The summed E-state index contributed by atoms with van der Waals surface area (Å²) < 4.78 is 0. The molecule has 0 fully saturated rings. The van der Waals surface area contributed by atoms with Gasteiger partial charge in [0.2, 0.25) is 0 Å². The average molecular weight is 350 g/mol. The highest BCUT2D eigenvalue weighted by Crippen LogP contribution is 2.30. The maximum Gasteiger partial charge on any atom is 0.257 e. The minimum absolute atomic E-state index is 0.267.